The molecule has 0 spiro atoms. The van der Waals surface area contributed by atoms with Crippen molar-refractivity contribution < 1.29 is 9.47 Å². The van der Waals surface area contributed by atoms with Gasteiger partial charge in [-0.25, -0.2) is 0 Å². The van der Waals surface area contributed by atoms with E-state index >= 15 is 0 Å². The largest absolute Gasteiger partial charge is 0.490 e. The summed E-state index contributed by atoms with van der Waals surface area (Å²) in [7, 11) is 0. The zero-order valence-electron chi connectivity index (χ0n) is 13.0. The van der Waals surface area contributed by atoms with E-state index in [0.29, 0.717) is 6.10 Å². The van der Waals surface area contributed by atoms with Gasteiger partial charge in [0.2, 0.25) is 0 Å². The lowest BCUT2D eigenvalue weighted by Crippen LogP contribution is -2.45. The maximum Gasteiger partial charge on any atom is 0.120 e. The molecule has 0 amide bonds. The summed E-state index contributed by atoms with van der Waals surface area (Å²) in [5.41, 5.74) is 7.58. The molecule has 2 aliphatic carbocycles. The molecular weight excluding hydrogens is 262 g/mol. The topological polar surface area (TPSA) is 44.5 Å². The second kappa shape index (κ2) is 6.37. The van der Waals surface area contributed by atoms with Crippen LogP contribution in [0.1, 0.15) is 63.5 Å². The summed E-state index contributed by atoms with van der Waals surface area (Å²) in [6.07, 6.45) is 8.64. The molecule has 1 aromatic carbocycles. The third kappa shape index (κ3) is 3.41. The van der Waals surface area contributed by atoms with E-state index in [9.17, 15) is 0 Å². The fourth-order valence-corrected chi connectivity index (χ4v) is 3.45. The molecule has 2 fully saturated rings. The summed E-state index contributed by atoms with van der Waals surface area (Å²) in [6.45, 7) is 2.79. The lowest BCUT2D eigenvalue weighted by Gasteiger charge is -2.42. The maximum absolute atomic E-state index is 6.63. The molecule has 2 aliphatic rings. The molecule has 0 saturated heterocycles. The highest BCUT2D eigenvalue weighted by Crippen LogP contribution is 2.41. The normalized spacial score (nSPS) is 22.8. The first kappa shape index (κ1) is 14.9. The first-order valence-corrected chi connectivity index (χ1v) is 8.40. The van der Waals surface area contributed by atoms with Crippen LogP contribution in [-0.4, -0.2) is 18.3 Å². The van der Waals surface area contributed by atoms with Gasteiger partial charge in [-0.3, -0.25) is 0 Å². The van der Waals surface area contributed by atoms with Gasteiger partial charge in [0, 0.05) is 6.61 Å². The van der Waals surface area contributed by atoms with E-state index < -0.39 is 0 Å². The van der Waals surface area contributed by atoms with Gasteiger partial charge in [-0.15, -0.1) is 0 Å². The van der Waals surface area contributed by atoms with E-state index in [4.69, 9.17) is 15.2 Å². The Morgan fingerprint density at radius 1 is 1.24 bits per heavy atom. The second-order valence-corrected chi connectivity index (χ2v) is 6.43. The van der Waals surface area contributed by atoms with Gasteiger partial charge in [0.1, 0.15) is 5.75 Å². The molecule has 3 nitrogen and oxygen atoms in total. The molecule has 0 heterocycles. The van der Waals surface area contributed by atoms with E-state index in [1.54, 1.807) is 0 Å². The van der Waals surface area contributed by atoms with Crippen molar-refractivity contribution in [2.75, 3.05) is 6.61 Å². The molecule has 1 aromatic rings. The number of hydrogen-bond donors (Lipinski definition) is 1. The Balaban J connectivity index is 1.79. The molecule has 1 atom stereocenters. The van der Waals surface area contributed by atoms with Crippen molar-refractivity contribution >= 4 is 0 Å². The van der Waals surface area contributed by atoms with Crippen LogP contribution in [0.25, 0.3) is 0 Å². The van der Waals surface area contributed by atoms with Crippen LogP contribution in [0.2, 0.25) is 0 Å². The van der Waals surface area contributed by atoms with Gasteiger partial charge in [0.05, 0.1) is 17.7 Å². The van der Waals surface area contributed by atoms with Crippen molar-refractivity contribution in [2.45, 2.75) is 69.6 Å². The number of benzene rings is 1. The van der Waals surface area contributed by atoms with Crippen molar-refractivity contribution in [3.63, 3.8) is 0 Å². The molecule has 0 radical (unpaired) electrons. The Labute approximate surface area is 127 Å². The van der Waals surface area contributed by atoms with Crippen LogP contribution in [0.4, 0.5) is 0 Å². The minimum atomic E-state index is -0.189. The minimum absolute atomic E-state index is 0.0690. The third-order valence-corrected chi connectivity index (χ3v) is 4.74. The van der Waals surface area contributed by atoms with Gasteiger partial charge in [-0.2, -0.15) is 0 Å². The Morgan fingerprint density at radius 3 is 2.67 bits per heavy atom. The second-order valence-electron chi connectivity index (χ2n) is 6.43. The van der Waals surface area contributed by atoms with E-state index in [-0.39, 0.29) is 11.6 Å². The molecule has 0 aliphatic heterocycles. The third-order valence-electron chi connectivity index (χ3n) is 4.74. The number of rotatable bonds is 6. The van der Waals surface area contributed by atoms with Gasteiger partial charge in [-0.1, -0.05) is 31.4 Å². The standard InChI is InChI=1S/C18H27NO2/c1-2-20-18(11-4-3-5-12-18)17(19)14-7-6-8-16(13-14)21-15-9-10-15/h6-8,13,15,17H,2-5,9-12,19H2,1H3. The predicted molar refractivity (Wildman–Crippen MR) is 84.5 cm³/mol. The molecule has 21 heavy (non-hydrogen) atoms. The van der Waals surface area contributed by atoms with Crippen molar-refractivity contribution in [1.82, 2.24) is 0 Å². The summed E-state index contributed by atoms with van der Waals surface area (Å²) in [6, 6.07) is 8.23. The fraction of sp³-hybridized carbons (Fsp3) is 0.667. The van der Waals surface area contributed by atoms with Crippen LogP contribution < -0.4 is 10.5 Å². The highest BCUT2D eigenvalue weighted by atomic mass is 16.5. The molecular formula is C18H27NO2. The van der Waals surface area contributed by atoms with E-state index in [0.717, 1.165) is 30.8 Å². The Hall–Kier alpha value is -1.06. The number of ether oxygens (including phenoxy) is 2. The van der Waals surface area contributed by atoms with Crippen LogP contribution >= 0.6 is 0 Å². The van der Waals surface area contributed by atoms with Gasteiger partial charge in [0.25, 0.3) is 0 Å². The van der Waals surface area contributed by atoms with Crippen molar-refractivity contribution in [3.8, 4) is 5.75 Å². The van der Waals surface area contributed by atoms with Crippen LogP contribution in [0.5, 0.6) is 5.75 Å². The van der Waals surface area contributed by atoms with Crippen molar-refractivity contribution in [2.24, 2.45) is 5.73 Å². The molecule has 2 N–H and O–H groups in total. The zero-order valence-corrected chi connectivity index (χ0v) is 13.0. The highest BCUT2D eigenvalue weighted by Gasteiger charge is 2.39. The summed E-state index contributed by atoms with van der Waals surface area (Å²) >= 11 is 0. The zero-order chi connectivity index (χ0) is 14.7. The van der Waals surface area contributed by atoms with Crippen LogP contribution in [-0.2, 0) is 4.74 Å². The first-order chi connectivity index (χ1) is 10.2. The Kier molecular flexibility index (Phi) is 4.51. The average Bonchev–Trinajstić information content (AvgIpc) is 3.32. The molecule has 0 aromatic heterocycles. The van der Waals surface area contributed by atoms with E-state index in [1.807, 2.05) is 6.07 Å². The lowest BCUT2D eigenvalue weighted by atomic mass is 9.77. The molecule has 0 bridgehead atoms. The lowest BCUT2D eigenvalue weighted by molar-refractivity contribution is -0.0831. The monoisotopic (exact) mass is 289 g/mol. The quantitative estimate of drug-likeness (QED) is 0.862. The fourth-order valence-electron chi connectivity index (χ4n) is 3.45. The first-order valence-electron chi connectivity index (χ1n) is 8.40. The molecule has 3 rings (SSSR count). The summed E-state index contributed by atoms with van der Waals surface area (Å²) in [5, 5.41) is 0. The van der Waals surface area contributed by atoms with Crippen molar-refractivity contribution in [3.05, 3.63) is 29.8 Å². The summed E-state index contributed by atoms with van der Waals surface area (Å²) in [4.78, 5) is 0. The maximum atomic E-state index is 6.63. The number of hydrogen-bond acceptors (Lipinski definition) is 3. The summed E-state index contributed by atoms with van der Waals surface area (Å²) in [5.74, 6) is 0.952. The van der Waals surface area contributed by atoms with E-state index in [1.165, 1.54) is 32.1 Å². The minimum Gasteiger partial charge on any atom is -0.490 e. The van der Waals surface area contributed by atoms with Gasteiger partial charge < -0.3 is 15.2 Å². The smallest absolute Gasteiger partial charge is 0.120 e. The summed E-state index contributed by atoms with van der Waals surface area (Å²) < 4.78 is 12.1. The molecule has 2 saturated carbocycles. The Morgan fingerprint density at radius 2 is 2.00 bits per heavy atom. The molecule has 1 unspecified atom stereocenters. The predicted octanol–water partition coefficient (Wildman–Crippen LogP) is 3.97. The SMILES string of the molecule is CCOC1(C(N)c2cccc(OC3CC3)c2)CCCCC1. The highest BCUT2D eigenvalue weighted by molar-refractivity contribution is 5.32. The van der Waals surface area contributed by atoms with Crippen molar-refractivity contribution in [1.29, 1.82) is 0 Å². The van der Waals surface area contributed by atoms with Gasteiger partial charge in [-0.05, 0) is 50.3 Å². The molecule has 3 heteroatoms. The van der Waals surface area contributed by atoms with Crippen LogP contribution in [0.3, 0.4) is 0 Å². The average molecular weight is 289 g/mol. The van der Waals surface area contributed by atoms with Crippen LogP contribution in [0.15, 0.2) is 24.3 Å². The van der Waals surface area contributed by atoms with Gasteiger partial charge in [0.15, 0.2) is 0 Å². The van der Waals surface area contributed by atoms with Crippen LogP contribution in [0, 0.1) is 0 Å². The van der Waals surface area contributed by atoms with E-state index in [2.05, 4.69) is 25.1 Å². The van der Waals surface area contributed by atoms with Gasteiger partial charge >= 0.3 is 0 Å². The number of nitrogens with two attached hydrogens (primary N) is 1. The Bertz CT molecular complexity index is 459. The molecule has 116 valence electrons.